The number of carbonyl (C=O) groups excluding carboxylic acids is 1. The van der Waals surface area contributed by atoms with E-state index >= 15 is 0 Å². The smallest absolute Gasteiger partial charge is 0.254 e. The summed E-state index contributed by atoms with van der Waals surface area (Å²) in [5.41, 5.74) is 3.81. The van der Waals surface area contributed by atoms with Gasteiger partial charge < -0.3 is 14.4 Å². The molecule has 1 aromatic heterocycles. The molecule has 3 rings (SSSR count). The minimum Gasteiger partial charge on any atom is -0.495 e. The Bertz CT molecular complexity index is 966. The maximum atomic E-state index is 13.5. The number of halogens is 1. The van der Waals surface area contributed by atoms with Crippen LogP contribution in [0.1, 0.15) is 34.0 Å². The zero-order chi connectivity index (χ0) is 21.5. The zero-order valence-corrected chi connectivity index (χ0v) is 19.0. The van der Waals surface area contributed by atoms with E-state index in [0.717, 1.165) is 17.5 Å². The Morgan fingerprint density at radius 1 is 0.967 bits per heavy atom. The minimum absolute atomic E-state index is 0.109. The highest BCUT2D eigenvalue weighted by atomic mass is 79.9. The second-order valence-corrected chi connectivity index (χ2v) is 7.68. The first-order valence-corrected chi connectivity index (χ1v) is 10.5. The molecule has 0 N–H and O–H groups in total. The molecule has 1 heterocycles. The van der Waals surface area contributed by atoms with Gasteiger partial charge in [-0.1, -0.05) is 37.3 Å². The number of methoxy groups -OCH3 is 2. The van der Waals surface area contributed by atoms with Gasteiger partial charge in [0.05, 0.1) is 14.2 Å². The molecular formula is C24H25BrN2O3. The van der Waals surface area contributed by atoms with E-state index in [1.54, 1.807) is 43.6 Å². The number of rotatable bonds is 8. The summed E-state index contributed by atoms with van der Waals surface area (Å²) in [6.45, 7) is 3.06. The summed E-state index contributed by atoms with van der Waals surface area (Å²) >= 11 is 3.46. The summed E-state index contributed by atoms with van der Waals surface area (Å²) in [7, 11) is 3.13. The van der Waals surface area contributed by atoms with Gasteiger partial charge in [0.1, 0.15) is 16.0 Å². The Kier molecular flexibility index (Phi) is 7.46. The molecule has 0 saturated heterocycles. The van der Waals surface area contributed by atoms with Gasteiger partial charge in [0.2, 0.25) is 0 Å². The molecule has 0 aliphatic rings. The molecule has 0 atom stereocenters. The number of carbonyl (C=O) groups is 1. The van der Waals surface area contributed by atoms with E-state index in [1.165, 1.54) is 5.56 Å². The largest absolute Gasteiger partial charge is 0.495 e. The van der Waals surface area contributed by atoms with E-state index in [2.05, 4.69) is 52.1 Å². The highest BCUT2D eigenvalue weighted by Crippen LogP contribution is 2.36. The van der Waals surface area contributed by atoms with Crippen LogP contribution in [0.25, 0.3) is 0 Å². The van der Waals surface area contributed by atoms with Crippen LogP contribution in [-0.4, -0.2) is 30.0 Å². The number of benzene rings is 2. The van der Waals surface area contributed by atoms with Crippen LogP contribution in [0.3, 0.4) is 0 Å². The third-order valence-corrected chi connectivity index (χ3v) is 5.66. The van der Waals surface area contributed by atoms with E-state index in [1.807, 2.05) is 12.1 Å². The average molecular weight is 469 g/mol. The number of hydrogen-bond donors (Lipinski definition) is 0. The lowest BCUT2D eigenvalue weighted by atomic mass is 10.1. The summed E-state index contributed by atoms with van der Waals surface area (Å²) in [6, 6.07) is 15.7. The Morgan fingerprint density at radius 3 is 2.10 bits per heavy atom. The van der Waals surface area contributed by atoms with Crippen molar-refractivity contribution in [2.24, 2.45) is 0 Å². The normalized spacial score (nSPS) is 10.5. The number of amides is 1. The SMILES string of the molecule is CCc1ccc(CN(Cc2cccnc2)C(=O)c2cc(OC)c(Br)c(OC)c2)cc1. The first kappa shape index (κ1) is 21.8. The van der Waals surface area contributed by atoms with Crippen molar-refractivity contribution in [2.45, 2.75) is 26.4 Å². The molecule has 30 heavy (non-hydrogen) atoms. The van der Waals surface area contributed by atoms with Crippen molar-refractivity contribution >= 4 is 21.8 Å². The zero-order valence-electron chi connectivity index (χ0n) is 17.4. The number of aryl methyl sites for hydroxylation is 1. The Labute approximate surface area is 185 Å². The molecule has 0 bridgehead atoms. The van der Waals surface area contributed by atoms with Crippen molar-refractivity contribution < 1.29 is 14.3 Å². The fraction of sp³-hybridized carbons (Fsp3) is 0.250. The first-order chi connectivity index (χ1) is 14.5. The lowest BCUT2D eigenvalue weighted by molar-refractivity contribution is 0.0729. The van der Waals surface area contributed by atoms with Crippen LogP contribution in [-0.2, 0) is 19.5 Å². The molecule has 5 nitrogen and oxygen atoms in total. The van der Waals surface area contributed by atoms with Gasteiger partial charge in [0, 0.05) is 31.0 Å². The molecule has 0 fully saturated rings. The molecule has 0 saturated carbocycles. The monoisotopic (exact) mass is 468 g/mol. The van der Waals surface area contributed by atoms with E-state index in [9.17, 15) is 4.79 Å². The summed E-state index contributed by atoms with van der Waals surface area (Å²) in [5.74, 6) is 0.986. The van der Waals surface area contributed by atoms with Crippen LogP contribution in [0, 0.1) is 0 Å². The van der Waals surface area contributed by atoms with Gasteiger partial charge in [-0.15, -0.1) is 0 Å². The Morgan fingerprint density at radius 2 is 1.57 bits per heavy atom. The highest BCUT2D eigenvalue weighted by Gasteiger charge is 2.21. The van der Waals surface area contributed by atoms with Gasteiger partial charge in [0.25, 0.3) is 5.91 Å². The molecule has 2 aromatic carbocycles. The van der Waals surface area contributed by atoms with E-state index in [0.29, 0.717) is 34.6 Å². The van der Waals surface area contributed by atoms with Gasteiger partial charge in [-0.25, -0.2) is 0 Å². The lowest BCUT2D eigenvalue weighted by Gasteiger charge is -2.24. The van der Waals surface area contributed by atoms with Crippen molar-refractivity contribution in [2.75, 3.05) is 14.2 Å². The quantitative estimate of drug-likeness (QED) is 0.451. The Balaban J connectivity index is 1.94. The summed E-state index contributed by atoms with van der Waals surface area (Å²) in [6.07, 6.45) is 4.49. The molecular weight excluding hydrogens is 444 g/mol. The van der Waals surface area contributed by atoms with Crippen LogP contribution in [0.15, 0.2) is 65.4 Å². The van der Waals surface area contributed by atoms with Crippen LogP contribution in [0.2, 0.25) is 0 Å². The van der Waals surface area contributed by atoms with E-state index < -0.39 is 0 Å². The maximum absolute atomic E-state index is 13.5. The van der Waals surface area contributed by atoms with Crippen molar-refractivity contribution in [1.82, 2.24) is 9.88 Å². The van der Waals surface area contributed by atoms with Gasteiger partial charge in [-0.3, -0.25) is 9.78 Å². The van der Waals surface area contributed by atoms with Gasteiger partial charge in [0.15, 0.2) is 0 Å². The fourth-order valence-electron chi connectivity index (χ4n) is 3.19. The number of aromatic nitrogens is 1. The molecule has 0 unspecified atom stereocenters. The minimum atomic E-state index is -0.109. The second kappa shape index (κ2) is 10.3. The fourth-order valence-corrected chi connectivity index (χ4v) is 3.74. The van der Waals surface area contributed by atoms with Crippen molar-refractivity contribution in [3.05, 3.63) is 87.7 Å². The highest BCUT2D eigenvalue weighted by molar-refractivity contribution is 9.10. The number of nitrogens with zero attached hydrogens (tertiary/aromatic N) is 2. The molecule has 3 aromatic rings. The van der Waals surface area contributed by atoms with Gasteiger partial charge in [-0.05, 0) is 57.2 Å². The van der Waals surface area contributed by atoms with Crippen molar-refractivity contribution in [1.29, 1.82) is 0 Å². The summed E-state index contributed by atoms with van der Waals surface area (Å²) in [5, 5.41) is 0. The molecule has 0 aliphatic carbocycles. The van der Waals surface area contributed by atoms with Crippen LogP contribution in [0.4, 0.5) is 0 Å². The lowest BCUT2D eigenvalue weighted by Crippen LogP contribution is -2.30. The molecule has 0 spiro atoms. The van der Waals surface area contributed by atoms with E-state index in [4.69, 9.17) is 9.47 Å². The first-order valence-electron chi connectivity index (χ1n) is 9.73. The number of hydrogen-bond acceptors (Lipinski definition) is 4. The maximum Gasteiger partial charge on any atom is 0.254 e. The molecule has 1 amide bonds. The standard InChI is InChI=1S/C24H25BrN2O3/c1-4-17-7-9-18(10-8-17)15-27(16-19-6-5-11-26-14-19)24(28)20-12-21(29-2)23(25)22(13-20)30-3/h5-14H,4,15-16H2,1-3H3. The second-order valence-electron chi connectivity index (χ2n) is 6.89. The third-order valence-electron chi connectivity index (χ3n) is 4.88. The summed E-state index contributed by atoms with van der Waals surface area (Å²) < 4.78 is 11.5. The Hall–Kier alpha value is -2.86. The predicted molar refractivity (Wildman–Crippen MR) is 121 cm³/mol. The predicted octanol–water partition coefficient (Wildman–Crippen LogP) is 5.27. The van der Waals surface area contributed by atoms with Gasteiger partial charge in [-0.2, -0.15) is 0 Å². The third kappa shape index (κ3) is 5.19. The van der Waals surface area contributed by atoms with E-state index in [-0.39, 0.29) is 5.91 Å². The topological polar surface area (TPSA) is 51.7 Å². The number of pyridine rings is 1. The molecule has 0 aliphatic heterocycles. The average Bonchev–Trinajstić information content (AvgIpc) is 2.79. The molecule has 0 radical (unpaired) electrons. The van der Waals surface area contributed by atoms with Crippen molar-refractivity contribution in [3.63, 3.8) is 0 Å². The summed E-state index contributed by atoms with van der Waals surface area (Å²) in [4.78, 5) is 19.5. The van der Waals surface area contributed by atoms with Crippen LogP contribution < -0.4 is 9.47 Å². The van der Waals surface area contributed by atoms with Crippen LogP contribution >= 0.6 is 15.9 Å². The molecule has 156 valence electrons. The molecule has 6 heteroatoms. The van der Waals surface area contributed by atoms with Crippen molar-refractivity contribution in [3.8, 4) is 11.5 Å². The van der Waals surface area contributed by atoms with Crippen LogP contribution in [0.5, 0.6) is 11.5 Å². The van der Waals surface area contributed by atoms with Gasteiger partial charge >= 0.3 is 0 Å². The number of ether oxygens (including phenoxy) is 2.